The third kappa shape index (κ3) is 5.64. The second-order valence-corrected chi connectivity index (χ2v) is 9.88. The molecule has 0 radical (unpaired) electrons. The molecular formula is C23H25Cl2N2O2Ti. The van der Waals surface area contributed by atoms with Gasteiger partial charge in [-0.3, -0.25) is 0 Å². The normalized spacial score (nSPS) is 15.1. The van der Waals surface area contributed by atoms with Crippen LogP contribution in [-0.4, -0.2) is 11.8 Å². The summed E-state index contributed by atoms with van der Waals surface area (Å²) < 4.78 is 7.58. The molecule has 2 aromatic rings. The van der Waals surface area contributed by atoms with Crippen LogP contribution in [0.3, 0.4) is 0 Å². The number of amides is 2. The average molecular weight is 480 g/mol. The van der Waals surface area contributed by atoms with Crippen molar-refractivity contribution in [2.75, 3.05) is 0 Å². The maximum atomic E-state index is 12.8. The molecule has 1 atom stereocenters. The van der Waals surface area contributed by atoms with Gasteiger partial charge in [0.15, 0.2) is 0 Å². The summed E-state index contributed by atoms with van der Waals surface area (Å²) in [6, 6.07) is 18.3. The van der Waals surface area contributed by atoms with Crippen molar-refractivity contribution >= 4 is 11.8 Å². The van der Waals surface area contributed by atoms with Crippen molar-refractivity contribution in [3.8, 4) is 0 Å². The van der Waals surface area contributed by atoms with Gasteiger partial charge in [0.25, 0.3) is 0 Å². The molecule has 0 heterocycles. The first-order valence-corrected chi connectivity index (χ1v) is 11.7. The van der Waals surface area contributed by atoms with Crippen LogP contribution in [0.5, 0.6) is 0 Å². The van der Waals surface area contributed by atoms with Crippen LogP contribution in [0.4, 0.5) is 0 Å². The van der Waals surface area contributed by atoms with Gasteiger partial charge in [-0.05, 0) is 0 Å². The van der Waals surface area contributed by atoms with Crippen molar-refractivity contribution in [2.45, 2.75) is 27.7 Å². The summed E-state index contributed by atoms with van der Waals surface area (Å²) in [4.78, 5) is 25.7. The molecule has 0 fully saturated rings. The predicted molar refractivity (Wildman–Crippen MR) is 108 cm³/mol. The number of nitrogens with one attached hydrogen (secondary N) is 2. The molecule has 1 aliphatic carbocycles. The molecule has 2 N–H and O–H groups in total. The number of hydrogen-bond donors (Lipinski definition) is 2. The fourth-order valence-electron chi connectivity index (χ4n) is 3.48. The number of benzene rings is 2. The summed E-state index contributed by atoms with van der Waals surface area (Å²) in [6.07, 6.45) is 0. The van der Waals surface area contributed by atoms with Gasteiger partial charge in [-0.1, -0.05) is 0 Å². The molecule has 0 saturated heterocycles. The van der Waals surface area contributed by atoms with Crippen molar-refractivity contribution in [1.29, 1.82) is 0 Å². The molecule has 157 valence electrons. The van der Waals surface area contributed by atoms with Gasteiger partial charge in [0.05, 0.1) is 0 Å². The first-order chi connectivity index (χ1) is 13.4. The number of carbonyl (C=O) groups is 2. The van der Waals surface area contributed by atoms with Gasteiger partial charge in [0.2, 0.25) is 0 Å². The van der Waals surface area contributed by atoms with E-state index in [0.717, 1.165) is 0 Å². The van der Waals surface area contributed by atoms with Crippen molar-refractivity contribution in [3.05, 3.63) is 92.4 Å². The van der Waals surface area contributed by atoms with Gasteiger partial charge in [0, 0.05) is 0 Å². The van der Waals surface area contributed by atoms with E-state index in [9.17, 15) is 9.59 Å². The monoisotopic (exact) mass is 479 g/mol. The number of allylic oxidation sites excluding steroid dienone is 4. The zero-order valence-electron chi connectivity index (χ0n) is 17.4. The van der Waals surface area contributed by atoms with E-state index < -0.39 is 18.4 Å². The van der Waals surface area contributed by atoms with Crippen molar-refractivity contribution in [3.63, 3.8) is 0 Å². The third-order valence-corrected chi connectivity index (χ3v) is 9.05. The van der Waals surface area contributed by atoms with Crippen LogP contribution in [-0.2, 0) is 18.4 Å². The number of halogens is 2. The standard InChI is InChI=1S/C9H13.2C7H7NO.2ClH.Ti/c1-6-5-7(2)9(4)8(6)3;2*8-7(9)6-4-2-1-3-5-6;;;/h6H,1-4H3;2*1-5H,(H2,8,9);2*1H;/q;;;;;+4/p-4. The van der Waals surface area contributed by atoms with E-state index in [0.29, 0.717) is 11.1 Å². The van der Waals surface area contributed by atoms with Gasteiger partial charge in [0.1, 0.15) is 0 Å². The minimum Gasteiger partial charge on any atom is -1.00 e. The molecule has 0 aliphatic heterocycles. The molecule has 30 heavy (non-hydrogen) atoms. The Morgan fingerprint density at radius 3 is 1.47 bits per heavy atom. The predicted octanol–water partition coefficient (Wildman–Crippen LogP) is -1.44. The maximum absolute atomic E-state index is 12.8. The minimum atomic E-state index is -2.64. The first kappa shape index (κ1) is 26.2. The van der Waals surface area contributed by atoms with E-state index in [2.05, 4.69) is 35.3 Å². The zero-order valence-corrected chi connectivity index (χ0v) is 20.5. The quantitative estimate of drug-likeness (QED) is 0.516. The molecule has 0 saturated carbocycles. The Bertz CT molecular complexity index is 906. The van der Waals surface area contributed by atoms with Gasteiger partial charge in [-0.2, -0.15) is 0 Å². The van der Waals surface area contributed by atoms with E-state index in [4.69, 9.17) is 0 Å². The van der Waals surface area contributed by atoms with Crippen molar-refractivity contribution < 1.29 is 52.8 Å². The van der Waals surface area contributed by atoms with Crippen LogP contribution >= 0.6 is 0 Å². The van der Waals surface area contributed by atoms with Gasteiger partial charge < -0.3 is 24.8 Å². The van der Waals surface area contributed by atoms with E-state index in [1.165, 1.54) is 20.6 Å². The summed E-state index contributed by atoms with van der Waals surface area (Å²) in [6.45, 7) is 8.49. The van der Waals surface area contributed by atoms with E-state index in [-0.39, 0.29) is 42.5 Å². The molecule has 0 bridgehead atoms. The first-order valence-electron chi connectivity index (χ1n) is 9.38. The van der Waals surface area contributed by atoms with Crippen LogP contribution in [0.1, 0.15) is 48.4 Å². The number of hydrogen-bond acceptors (Lipinski definition) is 2. The topological polar surface area (TPSA) is 58.2 Å². The second-order valence-electron chi connectivity index (χ2n) is 7.08. The Morgan fingerprint density at radius 2 is 1.13 bits per heavy atom. The Kier molecular flexibility index (Phi) is 10.1. The van der Waals surface area contributed by atoms with Crippen LogP contribution in [0.25, 0.3) is 0 Å². The largest absolute Gasteiger partial charge is 1.00 e. The van der Waals surface area contributed by atoms with Crippen molar-refractivity contribution in [1.82, 2.24) is 7.60 Å². The molecule has 7 heteroatoms. The summed E-state index contributed by atoms with van der Waals surface area (Å²) in [5, 5.41) is 0. The van der Waals surface area contributed by atoms with Gasteiger partial charge >= 0.3 is 173 Å². The van der Waals surface area contributed by atoms with Gasteiger partial charge in [-0.25, -0.2) is 0 Å². The van der Waals surface area contributed by atoms with Gasteiger partial charge in [-0.15, -0.1) is 0 Å². The molecule has 1 aliphatic rings. The molecule has 0 spiro atoms. The molecular weight excluding hydrogens is 455 g/mol. The average Bonchev–Trinajstić information content (AvgIpc) is 2.91. The molecule has 4 nitrogen and oxygen atoms in total. The maximum Gasteiger partial charge on any atom is -1.00 e. The Labute approximate surface area is 197 Å². The van der Waals surface area contributed by atoms with Crippen LogP contribution in [0.15, 0.2) is 81.3 Å². The summed E-state index contributed by atoms with van der Waals surface area (Å²) in [5.41, 5.74) is 4.97. The minimum absolute atomic E-state index is 0. The molecule has 1 unspecified atom stereocenters. The fourth-order valence-corrected chi connectivity index (χ4v) is 7.05. The summed E-state index contributed by atoms with van der Waals surface area (Å²) >= 11 is -2.64. The van der Waals surface area contributed by atoms with Crippen LogP contribution < -0.4 is 32.4 Å². The molecule has 3 rings (SSSR count). The van der Waals surface area contributed by atoms with Crippen molar-refractivity contribution in [2.24, 2.45) is 5.92 Å². The fraction of sp³-hybridized carbons (Fsp3) is 0.217. The molecule has 2 amide bonds. The van der Waals surface area contributed by atoms with E-state index in [1.807, 2.05) is 36.4 Å². The molecule has 2 aromatic carbocycles. The number of carbonyl (C=O) groups excluding carboxylic acids is 2. The summed E-state index contributed by atoms with van der Waals surface area (Å²) in [5.74, 6) is -0.0560. The number of rotatable bonds is 5. The Morgan fingerprint density at radius 1 is 0.733 bits per heavy atom. The van der Waals surface area contributed by atoms with E-state index >= 15 is 0 Å². The second kappa shape index (κ2) is 11.5. The Balaban J connectivity index is 0.00000225. The van der Waals surface area contributed by atoms with Crippen LogP contribution in [0.2, 0.25) is 0 Å². The molecule has 0 aromatic heterocycles. The van der Waals surface area contributed by atoms with Crippen LogP contribution in [0, 0.1) is 5.92 Å². The smallest absolute Gasteiger partial charge is 1.00 e. The SMILES string of the molecule is CC1=C(C)C(C)[C]([Ti+2]([NH]C(=O)c2ccccc2)[NH]C(=O)c2ccccc2)=C1C.[Cl-].[Cl-]. The third-order valence-electron chi connectivity index (χ3n) is 5.46. The Hall–Kier alpha value is -1.85. The van der Waals surface area contributed by atoms with E-state index in [1.54, 1.807) is 24.3 Å². The summed E-state index contributed by atoms with van der Waals surface area (Å²) in [7, 11) is 0. The zero-order chi connectivity index (χ0) is 20.3.